The van der Waals surface area contributed by atoms with Gasteiger partial charge in [0.25, 0.3) is 5.91 Å². The lowest BCUT2D eigenvalue weighted by molar-refractivity contribution is -0.120. The number of nitrogens with zero attached hydrogens (tertiary/aromatic N) is 1. The van der Waals surface area contributed by atoms with Gasteiger partial charge in [0, 0.05) is 53.5 Å². The Morgan fingerprint density at radius 3 is 2.07 bits per heavy atom. The number of carbonyl (C=O) groups is 3. The Morgan fingerprint density at radius 1 is 0.933 bits per heavy atom. The van der Waals surface area contributed by atoms with Gasteiger partial charge in [0.2, 0.25) is 0 Å². The summed E-state index contributed by atoms with van der Waals surface area (Å²) >= 11 is 2.19. The number of hydrogen-bond donors (Lipinski definition) is 1. The van der Waals surface area contributed by atoms with E-state index in [4.69, 9.17) is 9.47 Å². The van der Waals surface area contributed by atoms with Crippen LogP contribution in [0.4, 0.5) is 5.69 Å². The van der Waals surface area contributed by atoms with Crippen LogP contribution in [-0.2, 0) is 14.4 Å². The van der Waals surface area contributed by atoms with Crippen LogP contribution >= 0.6 is 22.6 Å². The van der Waals surface area contributed by atoms with Crippen molar-refractivity contribution in [1.29, 1.82) is 0 Å². The van der Waals surface area contributed by atoms with Gasteiger partial charge in [0.1, 0.15) is 0 Å². The smallest absolute Gasteiger partial charge is 0.262 e. The number of hydrogen-bond acceptors (Lipinski definition) is 6. The van der Waals surface area contributed by atoms with Crippen LogP contribution in [0.3, 0.4) is 0 Å². The van der Waals surface area contributed by atoms with Crippen LogP contribution in [0.1, 0.15) is 89.3 Å². The topological polar surface area (TPSA) is 84.9 Å². The molecule has 3 aliphatic rings. The number of methoxy groups -OCH3 is 1. The average molecular weight is 725 g/mol. The average Bonchev–Trinajstić information content (AvgIpc) is 2.93. The molecular formula is C37H45IN2O5. The number of benzene rings is 2. The summed E-state index contributed by atoms with van der Waals surface area (Å²) in [6, 6.07) is 9.65. The summed E-state index contributed by atoms with van der Waals surface area (Å²) in [5.74, 6) is 0.376. The van der Waals surface area contributed by atoms with Gasteiger partial charge in [-0.1, -0.05) is 40.7 Å². The zero-order chi connectivity index (χ0) is 32.8. The number of nitrogens with one attached hydrogen (secondary N) is 1. The molecule has 1 heterocycles. The molecule has 0 atom stereocenters. The minimum Gasteiger partial charge on any atom is -0.493 e. The third kappa shape index (κ3) is 6.71. The Morgan fingerprint density at radius 2 is 1.53 bits per heavy atom. The monoisotopic (exact) mass is 724 g/mol. The van der Waals surface area contributed by atoms with Gasteiger partial charge in [0.05, 0.1) is 10.7 Å². The number of allylic oxidation sites excluding steroid dienone is 4. The molecule has 7 nitrogen and oxygen atoms in total. The van der Waals surface area contributed by atoms with E-state index in [9.17, 15) is 14.4 Å². The molecule has 2 aliphatic carbocycles. The molecule has 8 heteroatoms. The van der Waals surface area contributed by atoms with Crippen molar-refractivity contribution < 1.29 is 23.9 Å². The summed E-state index contributed by atoms with van der Waals surface area (Å²) < 4.78 is 12.6. The van der Waals surface area contributed by atoms with Crippen molar-refractivity contribution in [3.8, 4) is 11.5 Å². The second kappa shape index (κ2) is 12.6. The van der Waals surface area contributed by atoms with E-state index in [0.717, 1.165) is 68.6 Å². The SMILES string of the molecule is CCCN1C2=C(C(=O)CC(C)(C)C2)C(c2cc(I)c(OCC(=O)Nc3ccc(C)c(C)c3)c(OC)c2)C2=C1CC(C)(C)CC2=O. The number of ether oxygens (including phenoxy) is 2. The number of ketones is 2. The van der Waals surface area contributed by atoms with E-state index >= 15 is 0 Å². The summed E-state index contributed by atoms with van der Waals surface area (Å²) in [6.07, 6.45) is 3.35. The van der Waals surface area contributed by atoms with Gasteiger partial charge < -0.3 is 19.7 Å². The van der Waals surface area contributed by atoms with Crippen LogP contribution in [-0.4, -0.2) is 42.6 Å². The van der Waals surface area contributed by atoms with Crippen LogP contribution in [0.5, 0.6) is 11.5 Å². The normalized spacial score (nSPS) is 19.4. The molecule has 1 aliphatic heterocycles. The maximum Gasteiger partial charge on any atom is 0.262 e. The fourth-order valence-electron chi connectivity index (χ4n) is 7.08. The summed E-state index contributed by atoms with van der Waals surface area (Å²) in [7, 11) is 1.57. The first-order valence-corrected chi connectivity index (χ1v) is 16.9. The Hall–Kier alpha value is -3.14. The maximum absolute atomic E-state index is 14.0. The van der Waals surface area contributed by atoms with E-state index in [0.29, 0.717) is 30.0 Å². The van der Waals surface area contributed by atoms with Crippen molar-refractivity contribution in [2.24, 2.45) is 10.8 Å². The molecule has 0 saturated carbocycles. The van der Waals surface area contributed by atoms with E-state index in [1.54, 1.807) is 7.11 Å². The van der Waals surface area contributed by atoms with Gasteiger partial charge in [-0.25, -0.2) is 0 Å². The summed E-state index contributed by atoms with van der Waals surface area (Å²) in [5, 5.41) is 2.90. The number of carbonyl (C=O) groups excluding carboxylic acids is 3. The summed E-state index contributed by atoms with van der Waals surface area (Å²) in [4.78, 5) is 43.2. The molecular weight excluding hydrogens is 679 g/mol. The quantitative estimate of drug-likeness (QED) is 0.278. The number of rotatable bonds is 8. The van der Waals surface area contributed by atoms with Crippen molar-refractivity contribution in [3.05, 3.63) is 73.1 Å². The zero-order valence-corrected chi connectivity index (χ0v) is 29.9. The van der Waals surface area contributed by atoms with Crippen LogP contribution in [0, 0.1) is 28.2 Å². The minimum absolute atomic E-state index is 0.105. The van der Waals surface area contributed by atoms with Crippen LogP contribution in [0.2, 0.25) is 0 Å². The first-order valence-electron chi connectivity index (χ1n) is 15.8. The van der Waals surface area contributed by atoms with Gasteiger partial charge in [-0.15, -0.1) is 0 Å². The van der Waals surface area contributed by atoms with E-state index in [2.05, 4.69) is 67.4 Å². The van der Waals surface area contributed by atoms with Crippen LogP contribution in [0.25, 0.3) is 0 Å². The van der Waals surface area contributed by atoms with Gasteiger partial charge in [-0.2, -0.15) is 0 Å². The lowest BCUT2D eigenvalue weighted by Gasteiger charge is -2.49. The number of amides is 1. The molecule has 0 unspecified atom stereocenters. The molecule has 0 aromatic heterocycles. The predicted molar refractivity (Wildman–Crippen MR) is 186 cm³/mol. The highest BCUT2D eigenvalue weighted by Gasteiger charge is 2.49. The number of Topliss-reactive ketones (excluding diaryl/α,β-unsaturated/α-hetero) is 2. The fourth-order valence-corrected chi connectivity index (χ4v) is 7.86. The van der Waals surface area contributed by atoms with Crippen molar-refractivity contribution in [2.45, 2.75) is 86.5 Å². The third-order valence-corrected chi connectivity index (χ3v) is 9.99. The molecule has 1 N–H and O–H groups in total. The van der Waals surface area contributed by atoms with Gasteiger partial charge >= 0.3 is 0 Å². The number of halogens is 1. The molecule has 0 fully saturated rings. The van der Waals surface area contributed by atoms with Crippen molar-refractivity contribution >= 4 is 45.8 Å². The molecule has 0 radical (unpaired) electrons. The molecule has 0 saturated heterocycles. The van der Waals surface area contributed by atoms with Crippen LogP contribution in [0.15, 0.2) is 52.9 Å². The van der Waals surface area contributed by atoms with E-state index < -0.39 is 5.92 Å². The van der Waals surface area contributed by atoms with Gasteiger partial charge in [-0.3, -0.25) is 14.4 Å². The van der Waals surface area contributed by atoms with E-state index in [-0.39, 0.29) is 34.9 Å². The molecule has 5 rings (SSSR count). The first-order chi connectivity index (χ1) is 21.1. The Labute approximate surface area is 280 Å². The second-order valence-corrected chi connectivity index (χ2v) is 15.5. The minimum atomic E-state index is -0.472. The van der Waals surface area contributed by atoms with Crippen molar-refractivity contribution in [3.63, 3.8) is 0 Å². The molecule has 2 aromatic carbocycles. The van der Waals surface area contributed by atoms with Crippen molar-refractivity contribution in [1.82, 2.24) is 4.90 Å². The molecule has 2 aromatic rings. The number of aryl methyl sites for hydroxylation is 2. The van der Waals surface area contributed by atoms with Crippen LogP contribution < -0.4 is 14.8 Å². The Bertz CT molecular complexity index is 1580. The van der Waals surface area contributed by atoms with Crippen molar-refractivity contribution in [2.75, 3.05) is 25.6 Å². The fraction of sp³-hybridized carbons (Fsp3) is 0.486. The van der Waals surface area contributed by atoms with Gasteiger partial charge in [-0.05, 0) is 107 Å². The molecule has 45 heavy (non-hydrogen) atoms. The van der Waals surface area contributed by atoms with E-state index in [1.165, 1.54) is 0 Å². The highest BCUT2D eigenvalue weighted by molar-refractivity contribution is 14.1. The highest BCUT2D eigenvalue weighted by Crippen LogP contribution is 2.55. The standard InChI is InChI=1S/C37H45IN2O5/c1-9-12-40-26-16-36(4,5)18-28(41)33(26)32(34-27(40)17-37(6,7)19-29(34)42)23-14-25(38)35(30(15-23)44-8)45-20-31(43)39-24-11-10-21(2)22(3)13-24/h10-11,13-15,32H,9,12,16-20H2,1-8H3,(H,39,43). The largest absolute Gasteiger partial charge is 0.493 e. The van der Waals surface area contributed by atoms with Gasteiger partial charge in [0.15, 0.2) is 29.7 Å². The molecule has 0 spiro atoms. The lowest BCUT2D eigenvalue weighted by Crippen LogP contribution is -2.44. The Kier molecular flexibility index (Phi) is 9.28. The summed E-state index contributed by atoms with van der Waals surface area (Å²) in [6.45, 7) is 15.4. The first kappa shape index (κ1) is 33.2. The van der Waals surface area contributed by atoms with E-state index in [1.807, 2.05) is 44.2 Å². The zero-order valence-electron chi connectivity index (χ0n) is 27.8. The lowest BCUT2D eigenvalue weighted by atomic mass is 9.63. The summed E-state index contributed by atoms with van der Waals surface area (Å²) in [5.41, 5.74) is 7.07. The highest BCUT2D eigenvalue weighted by atomic mass is 127. The molecule has 0 bridgehead atoms. The molecule has 1 amide bonds. The number of anilines is 1. The predicted octanol–water partition coefficient (Wildman–Crippen LogP) is 8.03. The Balaban J connectivity index is 1.54. The molecule has 240 valence electrons. The maximum atomic E-state index is 14.0. The third-order valence-electron chi connectivity index (χ3n) is 9.19. The second-order valence-electron chi connectivity index (χ2n) is 14.4.